The van der Waals surface area contributed by atoms with Crippen molar-refractivity contribution in [3.8, 4) is 0 Å². The molecule has 0 aliphatic rings. The van der Waals surface area contributed by atoms with Gasteiger partial charge in [-0.25, -0.2) is 4.79 Å². The first-order chi connectivity index (χ1) is 18.5. The predicted molar refractivity (Wildman–Crippen MR) is 152 cm³/mol. The van der Waals surface area contributed by atoms with Crippen LogP contribution in [0.3, 0.4) is 0 Å². The number of methoxy groups -OCH3 is 2. The van der Waals surface area contributed by atoms with Gasteiger partial charge in [-0.05, 0) is 36.1 Å². The molecular formula is C33H36N2O3. The standard InChI is InChI=1S/C33H36N2O3/c1-25(32(37-3,27-17-9-5-10-18-27)28-19-11-6-12-20-28)34-31(36)35-26(2)33(38-4,29-21-13-7-14-22-29)30-23-15-8-16-24-30/h5-26H,1-4H3,(H2,34,35,36)/t25-,26-/m0/s1. The maximum absolute atomic E-state index is 13.6. The molecule has 2 atom stereocenters. The highest BCUT2D eigenvalue weighted by molar-refractivity contribution is 5.75. The van der Waals surface area contributed by atoms with Crippen LogP contribution in [0.25, 0.3) is 0 Å². The second kappa shape index (κ2) is 12.1. The van der Waals surface area contributed by atoms with Gasteiger partial charge in [-0.2, -0.15) is 0 Å². The fraction of sp³-hybridized carbons (Fsp3) is 0.242. The molecule has 0 radical (unpaired) electrons. The number of ether oxygens (including phenoxy) is 2. The van der Waals surface area contributed by atoms with Crippen LogP contribution in [0.4, 0.5) is 4.79 Å². The third-order valence-electron chi connectivity index (χ3n) is 7.37. The van der Waals surface area contributed by atoms with Gasteiger partial charge in [-0.1, -0.05) is 121 Å². The van der Waals surface area contributed by atoms with Crippen LogP contribution in [0.2, 0.25) is 0 Å². The molecule has 5 nitrogen and oxygen atoms in total. The Bertz CT molecular complexity index is 1100. The Morgan fingerprint density at radius 1 is 0.526 bits per heavy atom. The minimum atomic E-state index is -0.889. The first kappa shape index (κ1) is 27.1. The summed E-state index contributed by atoms with van der Waals surface area (Å²) in [4.78, 5) is 13.6. The molecule has 0 saturated carbocycles. The Balaban J connectivity index is 1.65. The minimum Gasteiger partial charge on any atom is -0.367 e. The fourth-order valence-electron chi connectivity index (χ4n) is 5.54. The van der Waals surface area contributed by atoms with Crippen molar-refractivity contribution in [2.75, 3.05) is 14.2 Å². The zero-order valence-electron chi connectivity index (χ0n) is 22.4. The van der Waals surface area contributed by atoms with Gasteiger partial charge in [0.1, 0.15) is 11.2 Å². The second-order valence-corrected chi connectivity index (χ2v) is 9.40. The van der Waals surface area contributed by atoms with E-state index in [1.165, 1.54) is 0 Å². The van der Waals surface area contributed by atoms with Gasteiger partial charge in [-0.15, -0.1) is 0 Å². The summed E-state index contributed by atoms with van der Waals surface area (Å²) in [7, 11) is 3.36. The monoisotopic (exact) mass is 508 g/mol. The van der Waals surface area contributed by atoms with Gasteiger partial charge in [0.25, 0.3) is 0 Å². The lowest BCUT2D eigenvalue weighted by Gasteiger charge is -2.41. The van der Waals surface area contributed by atoms with Crippen LogP contribution in [-0.2, 0) is 20.7 Å². The fourth-order valence-corrected chi connectivity index (χ4v) is 5.54. The molecule has 5 heteroatoms. The number of nitrogens with one attached hydrogen (secondary N) is 2. The van der Waals surface area contributed by atoms with Gasteiger partial charge >= 0.3 is 6.03 Å². The molecule has 0 fully saturated rings. The van der Waals surface area contributed by atoms with E-state index in [0.29, 0.717) is 0 Å². The van der Waals surface area contributed by atoms with Crippen LogP contribution in [0.5, 0.6) is 0 Å². The maximum atomic E-state index is 13.6. The topological polar surface area (TPSA) is 59.6 Å². The van der Waals surface area contributed by atoms with E-state index >= 15 is 0 Å². The molecule has 2 N–H and O–H groups in total. The van der Waals surface area contributed by atoms with E-state index in [9.17, 15) is 4.79 Å². The highest BCUT2D eigenvalue weighted by Crippen LogP contribution is 2.38. The van der Waals surface area contributed by atoms with Crippen molar-refractivity contribution in [3.63, 3.8) is 0 Å². The number of hydrogen-bond acceptors (Lipinski definition) is 3. The van der Waals surface area contributed by atoms with Crippen LogP contribution in [0.1, 0.15) is 36.1 Å². The van der Waals surface area contributed by atoms with Crippen molar-refractivity contribution >= 4 is 6.03 Å². The SMILES string of the molecule is COC(c1ccccc1)(c1ccccc1)[C@H](C)NC(=O)N[C@@H](C)C(OC)(c1ccccc1)c1ccccc1. The first-order valence-electron chi connectivity index (χ1n) is 12.9. The van der Waals surface area contributed by atoms with E-state index in [4.69, 9.17) is 9.47 Å². The Labute approximate surface area is 225 Å². The molecule has 0 unspecified atom stereocenters. The summed E-state index contributed by atoms with van der Waals surface area (Å²) in [5, 5.41) is 6.34. The number of benzene rings is 4. The Hall–Kier alpha value is -3.93. The van der Waals surface area contributed by atoms with E-state index < -0.39 is 23.3 Å². The normalized spacial score (nSPS) is 13.4. The lowest BCUT2D eigenvalue weighted by Crippen LogP contribution is -2.58. The van der Waals surface area contributed by atoms with Crippen LogP contribution in [0.15, 0.2) is 121 Å². The lowest BCUT2D eigenvalue weighted by atomic mass is 9.80. The molecule has 4 aromatic carbocycles. The lowest BCUT2D eigenvalue weighted by molar-refractivity contribution is -0.00907. The summed E-state index contributed by atoms with van der Waals surface area (Å²) in [5.74, 6) is 0. The Kier molecular flexibility index (Phi) is 8.62. The van der Waals surface area contributed by atoms with Gasteiger partial charge in [-0.3, -0.25) is 0 Å². The van der Waals surface area contributed by atoms with E-state index in [-0.39, 0.29) is 6.03 Å². The number of hydrogen-bond donors (Lipinski definition) is 2. The summed E-state index contributed by atoms with van der Waals surface area (Å²) in [5.41, 5.74) is 2.04. The predicted octanol–water partition coefficient (Wildman–Crippen LogP) is 6.24. The zero-order valence-corrected chi connectivity index (χ0v) is 22.4. The average molecular weight is 509 g/mol. The molecule has 0 spiro atoms. The van der Waals surface area contributed by atoms with Gasteiger partial charge in [0, 0.05) is 14.2 Å². The van der Waals surface area contributed by atoms with E-state index in [2.05, 4.69) is 10.6 Å². The number of urea groups is 1. The first-order valence-corrected chi connectivity index (χ1v) is 12.9. The Morgan fingerprint density at radius 2 is 0.763 bits per heavy atom. The summed E-state index contributed by atoms with van der Waals surface area (Å²) in [6.45, 7) is 3.93. The van der Waals surface area contributed by atoms with Gasteiger partial charge < -0.3 is 20.1 Å². The van der Waals surface area contributed by atoms with Crippen molar-refractivity contribution in [2.24, 2.45) is 0 Å². The van der Waals surface area contributed by atoms with Gasteiger partial charge in [0.15, 0.2) is 0 Å². The zero-order chi connectivity index (χ0) is 27.0. The molecule has 196 valence electrons. The second-order valence-electron chi connectivity index (χ2n) is 9.40. The molecule has 0 aliphatic carbocycles. The number of carbonyl (C=O) groups is 1. The van der Waals surface area contributed by atoms with Gasteiger partial charge in [0.05, 0.1) is 12.1 Å². The summed E-state index contributed by atoms with van der Waals surface area (Å²) in [6.07, 6.45) is 0. The minimum absolute atomic E-state index is 0.313. The highest BCUT2D eigenvalue weighted by Gasteiger charge is 2.43. The summed E-state index contributed by atoms with van der Waals surface area (Å²) in [6, 6.07) is 38.8. The molecule has 0 aromatic heterocycles. The quantitative estimate of drug-likeness (QED) is 0.266. The number of rotatable bonds is 10. The molecule has 4 aromatic rings. The van der Waals surface area contributed by atoms with Crippen molar-refractivity contribution in [1.29, 1.82) is 0 Å². The number of amides is 2. The molecule has 0 heterocycles. The molecule has 0 bridgehead atoms. The van der Waals surface area contributed by atoms with Crippen molar-refractivity contribution in [3.05, 3.63) is 144 Å². The smallest absolute Gasteiger partial charge is 0.315 e. The molecule has 0 aliphatic heterocycles. The van der Waals surface area contributed by atoms with Gasteiger partial charge in [0.2, 0.25) is 0 Å². The summed E-state index contributed by atoms with van der Waals surface area (Å²) < 4.78 is 12.5. The Morgan fingerprint density at radius 3 is 0.974 bits per heavy atom. The maximum Gasteiger partial charge on any atom is 0.315 e. The molecule has 2 amide bonds. The molecular weight excluding hydrogens is 472 g/mol. The van der Waals surface area contributed by atoms with Crippen molar-refractivity contribution in [1.82, 2.24) is 10.6 Å². The molecule has 4 rings (SSSR count). The van der Waals surface area contributed by atoms with Crippen LogP contribution in [0, 0.1) is 0 Å². The van der Waals surface area contributed by atoms with Crippen LogP contribution < -0.4 is 10.6 Å². The van der Waals surface area contributed by atoms with Crippen molar-refractivity contribution < 1.29 is 14.3 Å². The third kappa shape index (κ3) is 5.08. The van der Waals surface area contributed by atoms with Crippen LogP contribution in [-0.4, -0.2) is 32.3 Å². The van der Waals surface area contributed by atoms with E-state index in [1.807, 2.05) is 135 Å². The van der Waals surface area contributed by atoms with E-state index in [1.54, 1.807) is 14.2 Å². The van der Waals surface area contributed by atoms with Crippen molar-refractivity contribution in [2.45, 2.75) is 37.1 Å². The van der Waals surface area contributed by atoms with E-state index in [0.717, 1.165) is 22.3 Å². The largest absolute Gasteiger partial charge is 0.367 e. The summed E-state index contributed by atoms with van der Waals surface area (Å²) >= 11 is 0. The molecule has 38 heavy (non-hydrogen) atoms. The third-order valence-corrected chi connectivity index (χ3v) is 7.37. The average Bonchev–Trinajstić information content (AvgIpc) is 2.97. The molecule has 0 saturated heterocycles. The number of carbonyl (C=O) groups excluding carboxylic acids is 1. The van der Waals surface area contributed by atoms with Crippen LogP contribution >= 0.6 is 0 Å². The highest BCUT2D eigenvalue weighted by atomic mass is 16.5.